The minimum absolute atomic E-state index is 0.0253. The second-order valence-corrected chi connectivity index (χ2v) is 4.07. The van der Waals surface area contributed by atoms with Crippen molar-refractivity contribution in [3.8, 4) is 11.6 Å². The number of ether oxygens (including phenoxy) is 1. The van der Waals surface area contributed by atoms with Gasteiger partial charge in [-0.3, -0.25) is 0 Å². The molecule has 0 spiro atoms. The first-order valence-corrected chi connectivity index (χ1v) is 6.18. The second-order valence-electron chi connectivity index (χ2n) is 4.07. The lowest BCUT2D eigenvalue weighted by molar-refractivity contribution is 0.281. The molecular formula is C14H17N3O2. The van der Waals surface area contributed by atoms with Gasteiger partial charge in [-0.25, -0.2) is 4.98 Å². The van der Waals surface area contributed by atoms with Gasteiger partial charge < -0.3 is 15.2 Å². The molecule has 100 valence electrons. The highest BCUT2D eigenvalue weighted by Crippen LogP contribution is 2.22. The number of benzene rings is 1. The second kappa shape index (κ2) is 6.15. The van der Waals surface area contributed by atoms with E-state index in [1.54, 1.807) is 18.2 Å². The van der Waals surface area contributed by atoms with Crippen molar-refractivity contribution in [3.05, 3.63) is 41.7 Å². The van der Waals surface area contributed by atoms with Gasteiger partial charge in [-0.05, 0) is 31.5 Å². The van der Waals surface area contributed by atoms with Gasteiger partial charge in [0.25, 0.3) is 0 Å². The minimum atomic E-state index is 0.0253. The Bertz CT molecular complexity index is 541. The van der Waals surface area contributed by atoms with Crippen LogP contribution in [0.4, 0.5) is 5.82 Å². The van der Waals surface area contributed by atoms with Gasteiger partial charge in [0.1, 0.15) is 17.4 Å². The van der Waals surface area contributed by atoms with E-state index in [4.69, 9.17) is 9.84 Å². The molecule has 0 atom stereocenters. The Labute approximate surface area is 112 Å². The van der Waals surface area contributed by atoms with Crippen molar-refractivity contribution in [1.29, 1.82) is 0 Å². The zero-order valence-electron chi connectivity index (χ0n) is 11.1. The van der Waals surface area contributed by atoms with Crippen LogP contribution in [-0.2, 0) is 6.61 Å². The van der Waals surface area contributed by atoms with Gasteiger partial charge in [0, 0.05) is 12.6 Å². The summed E-state index contributed by atoms with van der Waals surface area (Å²) in [6.45, 7) is 4.65. The highest BCUT2D eigenvalue weighted by Gasteiger charge is 2.04. The van der Waals surface area contributed by atoms with Gasteiger partial charge in [0.2, 0.25) is 5.88 Å². The Morgan fingerprint density at radius 1 is 1.21 bits per heavy atom. The first-order chi connectivity index (χ1) is 9.21. The molecule has 2 N–H and O–H groups in total. The van der Waals surface area contributed by atoms with Crippen molar-refractivity contribution in [1.82, 2.24) is 9.97 Å². The molecule has 2 rings (SSSR count). The summed E-state index contributed by atoms with van der Waals surface area (Å²) in [7, 11) is 0. The van der Waals surface area contributed by atoms with Crippen LogP contribution in [0, 0.1) is 6.92 Å². The maximum atomic E-state index is 8.98. The molecule has 0 aliphatic heterocycles. The molecule has 0 fully saturated rings. The first kappa shape index (κ1) is 13.3. The van der Waals surface area contributed by atoms with Crippen molar-refractivity contribution in [2.45, 2.75) is 20.5 Å². The molecule has 0 unspecified atom stereocenters. The lowest BCUT2D eigenvalue weighted by Gasteiger charge is -2.08. The average molecular weight is 259 g/mol. The van der Waals surface area contributed by atoms with Crippen LogP contribution < -0.4 is 10.1 Å². The van der Waals surface area contributed by atoms with Gasteiger partial charge in [-0.15, -0.1) is 0 Å². The number of aliphatic hydroxyl groups is 1. The number of hydrogen-bond acceptors (Lipinski definition) is 5. The lowest BCUT2D eigenvalue weighted by atomic mass is 10.2. The number of nitrogens with one attached hydrogen (secondary N) is 1. The van der Waals surface area contributed by atoms with Crippen molar-refractivity contribution in [2.24, 2.45) is 0 Å². The summed E-state index contributed by atoms with van der Waals surface area (Å²) >= 11 is 0. The molecule has 19 heavy (non-hydrogen) atoms. The zero-order valence-corrected chi connectivity index (χ0v) is 11.1. The summed E-state index contributed by atoms with van der Waals surface area (Å²) < 4.78 is 5.67. The molecule has 0 aliphatic rings. The molecule has 5 nitrogen and oxygen atoms in total. The number of nitrogens with zero attached hydrogens (tertiary/aromatic N) is 2. The highest BCUT2D eigenvalue weighted by atomic mass is 16.5. The van der Waals surface area contributed by atoms with E-state index in [1.165, 1.54) is 0 Å². The predicted octanol–water partition coefficient (Wildman–Crippen LogP) is 2.50. The number of hydrogen-bond donors (Lipinski definition) is 2. The van der Waals surface area contributed by atoms with Crippen LogP contribution in [0.2, 0.25) is 0 Å². The summed E-state index contributed by atoms with van der Waals surface area (Å²) in [5, 5.41) is 12.1. The molecular weight excluding hydrogens is 242 g/mol. The maximum absolute atomic E-state index is 8.98. The van der Waals surface area contributed by atoms with Crippen LogP contribution >= 0.6 is 0 Å². The van der Waals surface area contributed by atoms with E-state index in [2.05, 4.69) is 15.3 Å². The molecule has 0 saturated carbocycles. The quantitative estimate of drug-likeness (QED) is 0.863. The van der Waals surface area contributed by atoms with Gasteiger partial charge in [0.05, 0.1) is 6.61 Å². The Balaban J connectivity index is 2.17. The van der Waals surface area contributed by atoms with Gasteiger partial charge in [-0.2, -0.15) is 4.98 Å². The van der Waals surface area contributed by atoms with Gasteiger partial charge in [-0.1, -0.05) is 12.1 Å². The van der Waals surface area contributed by atoms with E-state index in [-0.39, 0.29) is 6.61 Å². The third-order valence-corrected chi connectivity index (χ3v) is 2.50. The highest BCUT2D eigenvalue weighted by molar-refractivity contribution is 5.40. The molecule has 2 aromatic rings. The number of aliphatic hydroxyl groups excluding tert-OH is 1. The third kappa shape index (κ3) is 3.66. The fourth-order valence-electron chi connectivity index (χ4n) is 1.65. The van der Waals surface area contributed by atoms with E-state index in [9.17, 15) is 0 Å². The molecule has 0 saturated heterocycles. The van der Waals surface area contributed by atoms with Gasteiger partial charge in [0.15, 0.2) is 0 Å². The van der Waals surface area contributed by atoms with E-state index in [0.717, 1.165) is 17.9 Å². The van der Waals surface area contributed by atoms with E-state index in [0.29, 0.717) is 17.5 Å². The van der Waals surface area contributed by atoms with E-state index >= 15 is 0 Å². The molecule has 1 aromatic heterocycles. The SMILES string of the molecule is CCNc1cc(Oc2ccc(CO)cc2)nc(C)n1. The number of aromatic nitrogens is 2. The van der Waals surface area contributed by atoms with Crippen LogP contribution in [0.5, 0.6) is 11.6 Å². The third-order valence-electron chi connectivity index (χ3n) is 2.50. The van der Waals surface area contributed by atoms with E-state index < -0.39 is 0 Å². The fraction of sp³-hybridized carbons (Fsp3) is 0.286. The van der Waals surface area contributed by atoms with Crippen molar-refractivity contribution in [3.63, 3.8) is 0 Å². The van der Waals surface area contributed by atoms with Crippen molar-refractivity contribution >= 4 is 5.82 Å². The standard InChI is InChI=1S/C14H17N3O2/c1-3-15-13-8-14(17-10(2)16-13)19-12-6-4-11(9-18)5-7-12/h4-8,18H,3,9H2,1-2H3,(H,15,16,17). The van der Waals surface area contributed by atoms with Crippen molar-refractivity contribution < 1.29 is 9.84 Å². The minimum Gasteiger partial charge on any atom is -0.439 e. The Kier molecular flexibility index (Phi) is 4.30. The molecule has 1 aromatic carbocycles. The Morgan fingerprint density at radius 2 is 1.95 bits per heavy atom. The van der Waals surface area contributed by atoms with E-state index in [1.807, 2.05) is 26.0 Å². The fourth-order valence-corrected chi connectivity index (χ4v) is 1.65. The summed E-state index contributed by atoms with van der Waals surface area (Å²) in [6, 6.07) is 8.99. The topological polar surface area (TPSA) is 67.3 Å². The van der Waals surface area contributed by atoms with Crippen molar-refractivity contribution in [2.75, 3.05) is 11.9 Å². The zero-order chi connectivity index (χ0) is 13.7. The molecule has 0 aliphatic carbocycles. The van der Waals surface area contributed by atoms with Crippen LogP contribution in [0.1, 0.15) is 18.3 Å². The lowest BCUT2D eigenvalue weighted by Crippen LogP contribution is -2.02. The maximum Gasteiger partial charge on any atom is 0.224 e. The summed E-state index contributed by atoms with van der Waals surface area (Å²) in [5.41, 5.74) is 0.847. The van der Waals surface area contributed by atoms with Crippen LogP contribution in [0.15, 0.2) is 30.3 Å². The molecule has 0 radical (unpaired) electrons. The monoisotopic (exact) mass is 259 g/mol. The van der Waals surface area contributed by atoms with Crippen LogP contribution in [0.25, 0.3) is 0 Å². The smallest absolute Gasteiger partial charge is 0.224 e. The summed E-state index contributed by atoms with van der Waals surface area (Å²) in [5.74, 6) is 2.58. The van der Waals surface area contributed by atoms with Gasteiger partial charge >= 0.3 is 0 Å². The molecule has 5 heteroatoms. The van der Waals surface area contributed by atoms with Crippen LogP contribution in [-0.4, -0.2) is 21.6 Å². The van der Waals surface area contributed by atoms with Crippen LogP contribution in [0.3, 0.4) is 0 Å². The predicted molar refractivity (Wildman–Crippen MR) is 73.4 cm³/mol. The summed E-state index contributed by atoms with van der Waals surface area (Å²) in [4.78, 5) is 8.49. The molecule has 1 heterocycles. The first-order valence-electron chi connectivity index (χ1n) is 6.18. The number of anilines is 1. The summed E-state index contributed by atoms with van der Waals surface area (Å²) in [6.07, 6.45) is 0. The number of aryl methyl sites for hydroxylation is 1. The largest absolute Gasteiger partial charge is 0.439 e. The Hall–Kier alpha value is -2.14. The number of rotatable bonds is 5. The normalized spacial score (nSPS) is 10.3. The average Bonchev–Trinajstić information content (AvgIpc) is 2.39. The Morgan fingerprint density at radius 3 is 2.58 bits per heavy atom. The molecule has 0 bridgehead atoms. The molecule has 0 amide bonds.